The van der Waals surface area contributed by atoms with Gasteiger partial charge in [0.25, 0.3) is 0 Å². The van der Waals surface area contributed by atoms with Gasteiger partial charge in [-0.2, -0.15) is 0 Å². The Morgan fingerprint density at radius 2 is 2.12 bits per heavy atom. The van der Waals surface area contributed by atoms with Crippen LogP contribution in [0, 0.1) is 11.7 Å². The number of pyridine rings is 1. The molecule has 0 aliphatic carbocycles. The first-order valence-electron chi connectivity index (χ1n) is 9.02. The van der Waals surface area contributed by atoms with E-state index in [1.807, 2.05) is 30.3 Å². The minimum absolute atomic E-state index is 0.0785. The molecule has 1 saturated heterocycles. The number of halogens is 1. The zero-order valence-electron chi connectivity index (χ0n) is 15.1. The number of rotatable bonds is 6. The third kappa shape index (κ3) is 4.71. The van der Waals surface area contributed by atoms with Crippen LogP contribution in [-0.2, 0) is 6.42 Å². The van der Waals surface area contributed by atoms with Crippen LogP contribution in [0.2, 0.25) is 0 Å². The lowest BCUT2D eigenvalue weighted by molar-refractivity contribution is 0.207. The average molecular weight is 356 g/mol. The topological polar surface area (TPSA) is 48.5 Å². The molecule has 1 aliphatic rings. The number of para-hydroxylation sites is 1. The Balaban J connectivity index is 1.41. The maximum atomic E-state index is 13.9. The SMILES string of the molecule is CN(CCc1ccccn1)C(=O)NC[C@H]1CCN(c2ccccc2F)C1. The number of amides is 2. The summed E-state index contributed by atoms with van der Waals surface area (Å²) in [5.74, 6) is 0.147. The molecule has 3 rings (SSSR count). The minimum atomic E-state index is -0.188. The van der Waals surface area contributed by atoms with Crippen molar-refractivity contribution < 1.29 is 9.18 Å². The molecular weight excluding hydrogens is 331 g/mol. The molecule has 2 heterocycles. The summed E-state index contributed by atoms with van der Waals surface area (Å²) in [7, 11) is 1.79. The van der Waals surface area contributed by atoms with E-state index in [0.29, 0.717) is 24.7 Å². The van der Waals surface area contributed by atoms with Crippen LogP contribution in [0.15, 0.2) is 48.7 Å². The van der Waals surface area contributed by atoms with Gasteiger partial charge in [-0.25, -0.2) is 9.18 Å². The van der Waals surface area contributed by atoms with E-state index < -0.39 is 0 Å². The molecule has 0 radical (unpaired) electrons. The lowest BCUT2D eigenvalue weighted by Crippen LogP contribution is -2.41. The van der Waals surface area contributed by atoms with E-state index in [1.54, 1.807) is 24.2 Å². The Labute approximate surface area is 153 Å². The molecule has 1 atom stereocenters. The summed E-state index contributed by atoms with van der Waals surface area (Å²) < 4.78 is 13.9. The molecule has 0 unspecified atom stereocenters. The quantitative estimate of drug-likeness (QED) is 0.866. The molecule has 1 fully saturated rings. The van der Waals surface area contributed by atoms with Crippen molar-refractivity contribution in [2.24, 2.45) is 5.92 Å². The van der Waals surface area contributed by atoms with Crippen molar-refractivity contribution in [1.29, 1.82) is 0 Å². The largest absolute Gasteiger partial charge is 0.369 e. The van der Waals surface area contributed by atoms with Crippen molar-refractivity contribution in [3.8, 4) is 0 Å². The molecule has 1 aromatic heterocycles. The van der Waals surface area contributed by atoms with E-state index in [4.69, 9.17) is 0 Å². The molecule has 26 heavy (non-hydrogen) atoms. The lowest BCUT2D eigenvalue weighted by Gasteiger charge is -2.21. The minimum Gasteiger partial charge on any atom is -0.369 e. The van der Waals surface area contributed by atoms with Crippen molar-refractivity contribution in [3.05, 3.63) is 60.2 Å². The third-order valence-electron chi connectivity index (χ3n) is 4.80. The predicted molar refractivity (Wildman–Crippen MR) is 101 cm³/mol. The van der Waals surface area contributed by atoms with Crippen LogP contribution in [0.3, 0.4) is 0 Å². The Hall–Kier alpha value is -2.63. The summed E-state index contributed by atoms with van der Waals surface area (Å²) in [5, 5.41) is 2.99. The van der Waals surface area contributed by atoms with Gasteiger partial charge in [0, 0.05) is 51.5 Å². The number of hydrogen-bond donors (Lipinski definition) is 1. The van der Waals surface area contributed by atoms with Gasteiger partial charge in [0.05, 0.1) is 5.69 Å². The van der Waals surface area contributed by atoms with Crippen molar-refractivity contribution in [1.82, 2.24) is 15.2 Å². The Morgan fingerprint density at radius 1 is 1.31 bits per heavy atom. The van der Waals surface area contributed by atoms with Crippen LogP contribution in [0.5, 0.6) is 0 Å². The number of carbonyl (C=O) groups is 1. The Bertz CT molecular complexity index is 725. The molecule has 2 amide bonds. The number of carbonyl (C=O) groups excluding carboxylic acids is 1. The van der Waals surface area contributed by atoms with Gasteiger partial charge in [-0.15, -0.1) is 0 Å². The fourth-order valence-electron chi connectivity index (χ4n) is 3.22. The molecule has 1 aromatic carbocycles. The number of benzene rings is 1. The zero-order chi connectivity index (χ0) is 18.4. The van der Waals surface area contributed by atoms with Gasteiger partial charge in [-0.05, 0) is 36.6 Å². The first-order chi connectivity index (χ1) is 12.6. The van der Waals surface area contributed by atoms with Crippen LogP contribution in [0.25, 0.3) is 0 Å². The van der Waals surface area contributed by atoms with Crippen molar-refractivity contribution in [2.45, 2.75) is 12.8 Å². The molecule has 0 saturated carbocycles. The van der Waals surface area contributed by atoms with Gasteiger partial charge in [0.2, 0.25) is 0 Å². The Morgan fingerprint density at radius 3 is 2.88 bits per heavy atom. The highest BCUT2D eigenvalue weighted by atomic mass is 19.1. The summed E-state index contributed by atoms with van der Waals surface area (Å²) in [6.07, 6.45) is 3.44. The number of likely N-dealkylation sites (N-methyl/N-ethyl adjacent to an activating group) is 1. The van der Waals surface area contributed by atoms with Crippen molar-refractivity contribution in [2.75, 3.05) is 38.1 Å². The number of anilines is 1. The van der Waals surface area contributed by atoms with Crippen LogP contribution < -0.4 is 10.2 Å². The van der Waals surface area contributed by atoms with Gasteiger partial charge in [0.15, 0.2) is 0 Å². The highest BCUT2D eigenvalue weighted by Crippen LogP contribution is 2.25. The van der Waals surface area contributed by atoms with Crippen LogP contribution >= 0.6 is 0 Å². The molecule has 0 bridgehead atoms. The second kappa shape index (κ2) is 8.65. The first-order valence-corrected chi connectivity index (χ1v) is 9.02. The molecule has 2 aromatic rings. The molecule has 0 spiro atoms. The average Bonchev–Trinajstić information content (AvgIpc) is 3.14. The van der Waals surface area contributed by atoms with Crippen molar-refractivity contribution in [3.63, 3.8) is 0 Å². The first kappa shape index (κ1) is 18.2. The van der Waals surface area contributed by atoms with E-state index in [2.05, 4.69) is 15.2 Å². The van der Waals surface area contributed by atoms with E-state index in [-0.39, 0.29) is 11.8 Å². The van der Waals surface area contributed by atoms with Gasteiger partial charge in [-0.1, -0.05) is 18.2 Å². The molecule has 138 valence electrons. The van der Waals surface area contributed by atoms with Gasteiger partial charge >= 0.3 is 6.03 Å². The van der Waals surface area contributed by atoms with E-state index in [9.17, 15) is 9.18 Å². The van der Waals surface area contributed by atoms with Crippen LogP contribution in [0.1, 0.15) is 12.1 Å². The van der Waals surface area contributed by atoms with E-state index in [1.165, 1.54) is 6.07 Å². The third-order valence-corrected chi connectivity index (χ3v) is 4.80. The predicted octanol–water partition coefficient (Wildman–Crippen LogP) is 2.93. The van der Waals surface area contributed by atoms with Crippen LogP contribution in [0.4, 0.5) is 14.9 Å². The highest BCUT2D eigenvalue weighted by Gasteiger charge is 2.25. The summed E-state index contributed by atoms with van der Waals surface area (Å²) in [4.78, 5) is 20.2. The normalized spacial score (nSPS) is 16.5. The zero-order valence-corrected chi connectivity index (χ0v) is 15.1. The maximum absolute atomic E-state index is 13.9. The maximum Gasteiger partial charge on any atom is 0.317 e. The fourth-order valence-corrected chi connectivity index (χ4v) is 3.22. The Kier molecular flexibility index (Phi) is 6.04. The van der Waals surface area contributed by atoms with Gasteiger partial charge in [0.1, 0.15) is 5.82 Å². The second-order valence-corrected chi connectivity index (χ2v) is 6.73. The summed E-state index contributed by atoms with van der Waals surface area (Å²) in [6, 6.07) is 12.6. The van der Waals surface area contributed by atoms with E-state index in [0.717, 1.165) is 31.6 Å². The van der Waals surface area contributed by atoms with Crippen molar-refractivity contribution >= 4 is 11.7 Å². The second-order valence-electron chi connectivity index (χ2n) is 6.73. The number of urea groups is 1. The number of nitrogens with zero attached hydrogens (tertiary/aromatic N) is 3. The molecule has 1 aliphatic heterocycles. The van der Waals surface area contributed by atoms with Gasteiger partial charge in [-0.3, -0.25) is 4.98 Å². The molecule has 1 N–H and O–H groups in total. The summed E-state index contributed by atoms with van der Waals surface area (Å²) in [5.41, 5.74) is 1.62. The lowest BCUT2D eigenvalue weighted by atomic mass is 10.1. The number of aromatic nitrogens is 1. The monoisotopic (exact) mass is 356 g/mol. The van der Waals surface area contributed by atoms with E-state index >= 15 is 0 Å². The molecule has 5 nitrogen and oxygen atoms in total. The van der Waals surface area contributed by atoms with Gasteiger partial charge < -0.3 is 15.1 Å². The smallest absolute Gasteiger partial charge is 0.317 e. The molecule has 6 heteroatoms. The summed E-state index contributed by atoms with van der Waals surface area (Å²) >= 11 is 0. The summed E-state index contributed by atoms with van der Waals surface area (Å²) in [6.45, 7) is 2.81. The standard InChI is InChI=1S/C20H25FN4O/c1-24(12-10-17-6-4-5-11-22-17)20(26)23-14-16-9-13-25(15-16)19-8-3-2-7-18(19)21/h2-8,11,16H,9-10,12-15H2,1H3,(H,23,26)/t16-/m1/s1. The fraction of sp³-hybridized carbons (Fsp3) is 0.400. The number of hydrogen-bond acceptors (Lipinski definition) is 3. The highest BCUT2D eigenvalue weighted by molar-refractivity contribution is 5.73. The molecular formula is C20H25FN4O. The number of nitrogens with one attached hydrogen (secondary N) is 1. The van der Waals surface area contributed by atoms with Crippen LogP contribution in [-0.4, -0.2) is 49.1 Å².